The van der Waals surface area contributed by atoms with Gasteiger partial charge in [0.05, 0.1) is 12.2 Å². The van der Waals surface area contributed by atoms with Crippen molar-refractivity contribution in [3.8, 4) is 0 Å². The smallest absolute Gasteiger partial charge is 0.223 e. The molecule has 1 aliphatic carbocycles. The maximum absolute atomic E-state index is 12.2. The predicted molar refractivity (Wildman–Crippen MR) is 67.8 cm³/mol. The predicted octanol–water partition coefficient (Wildman–Crippen LogP) is -0.150. The molecule has 2 atom stereocenters. The van der Waals surface area contributed by atoms with Gasteiger partial charge in [0.1, 0.15) is 0 Å². The minimum Gasteiger partial charge on any atom is -0.388 e. The summed E-state index contributed by atoms with van der Waals surface area (Å²) in [5.74, 6) is 0.0259. The standard InChI is InChI=1S/C13H24N2O3/c14-9-13(4-2-1-3-5-13)6-12(18)15-7-10(16)11(17)8-15/h10-11,16-17H,1-9,14H2/t10-,11+. The zero-order chi connectivity index (χ0) is 13.2. The molecule has 1 saturated carbocycles. The van der Waals surface area contributed by atoms with Gasteiger partial charge in [0, 0.05) is 19.5 Å². The highest BCUT2D eigenvalue weighted by atomic mass is 16.3. The van der Waals surface area contributed by atoms with Gasteiger partial charge < -0.3 is 20.8 Å². The summed E-state index contributed by atoms with van der Waals surface area (Å²) in [6, 6.07) is 0. The third-order valence-corrected chi connectivity index (χ3v) is 4.49. The number of carbonyl (C=O) groups excluding carboxylic acids is 1. The minimum absolute atomic E-state index is 0.0259. The van der Waals surface area contributed by atoms with Crippen molar-refractivity contribution in [1.29, 1.82) is 0 Å². The second-order valence-electron chi connectivity index (χ2n) is 5.87. The van der Waals surface area contributed by atoms with E-state index in [9.17, 15) is 15.0 Å². The van der Waals surface area contributed by atoms with Crippen LogP contribution in [0.3, 0.4) is 0 Å². The monoisotopic (exact) mass is 256 g/mol. The molecule has 2 aliphatic rings. The molecule has 18 heavy (non-hydrogen) atoms. The molecule has 0 aromatic heterocycles. The molecule has 2 fully saturated rings. The number of aliphatic hydroxyl groups is 2. The Morgan fingerprint density at radius 1 is 1.17 bits per heavy atom. The minimum atomic E-state index is -0.797. The van der Waals surface area contributed by atoms with Gasteiger partial charge in [0.15, 0.2) is 0 Å². The number of hydrogen-bond acceptors (Lipinski definition) is 4. The lowest BCUT2D eigenvalue weighted by Crippen LogP contribution is -2.40. The van der Waals surface area contributed by atoms with Crippen LogP contribution in [-0.2, 0) is 4.79 Å². The summed E-state index contributed by atoms with van der Waals surface area (Å²) in [5.41, 5.74) is 5.82. The lowest BCUT2D eigenvalue weighted by molar-refractivity contribution is -0.133. The number of rotatable bonds is 3. The number of amides is 1. The maximum Gasteiger partial charge on any atom is 0.223 e. The Balaban J connectivity index is 1.93. The molecule has 0 spiro atoms. The van der Waals surface area contributed by atoms with E-state index in [-0.39, 0.29) is 24.4 Å². The average molecular weight is 256 g/mol. The topological polar surface area (TPSA) is 86.8 Å². The van der Waals surface area contributed by atoms with E-state index in [0.717, 1.165) is 25.7 Å². The molecule has 5 heteroatoms. The van der Waals surface area contributed by atoms with Gasteiger partial charge in [-0.25, -0.2) is 0 Å². The van der Waals surface area contributed by atoms with Gasteiger partial charge in [-0.1, -0.05) is 19.3 Å². The van der Waals surface area contributed by atoms with E-state index < -0.39 is 12.2 Å². The van der Waals surface area contributed by atoms with Crippen molar-refractivity contribution in [2.24, 2.45) is 11.1 Å². The Morgan fingerprint density at radius 2 is 1.72 bits per heavy atom. The van der Waals surface area contributed by atoms with Crippen LogP contribution >= 0.6 is 0 Å². The molecule has 1 heterocycles. The van der Waals surface area contributed by atoms with Crippen molar-refractivity contribution < 1.29 is 15.0 Å². The first-order valence-corrected chi connectivity index (χ1v) is 6.90. The normalized spacial score (nSPS) is 31.6. The number of aliphatic hydroxyl groups excluding tert-OH is 2. The molecule has 0 aromatic rings. The molecule has 0 unspecified atom stereocenters. The van der Waals surface area contributed by atoms with Gasteiger partial charge in [-0.2, -0.15) is 0 Å². The van der Waals surface area contributed by atoms with E-state index in [2.05, 4.69) is 0 Å². The molecule has 0 bridgehead atoms. The molecular weight excluding hydrogens is 232 g/mol. The molecule has 0 radical (unpaired) electrons. The van der Waals surface area contributed by atoms with Crippen LogP contribution in [0.2, 0.25) is 0 Å². The lowest BCUT2D eigenvalue weighted by Gasteiger charge is -2.36. The number of nitrogens with zero attached hydrogens (tertiary/aromatic N) is 1. The Bertz CT molecular complexity index is 293. The SMILES string of the molecule is NCC1(CC(=O)N2C[C@@H](O)[C@@H](O)C2)CCCCC1. The quantitative estimate of drug-likeness (QED) is 0.655. The first-order valence-electron chi connectivity index (χ1n) is 6.90. The van der Waals surface area contributed by atoms with Gasteiger partial charge >= 0.3 is 0 Å². The van der Waals surface area contributed by atoms with Gasteiger partial charge in [0.25, 0.3) is 0 Å². The summed E-state index contributed by atoms with van der Waals surface area (Å²) in [6.45, 7) is 1.05. The van der Waals surface area contributed by atoms with Gasteiger partial charge in [-0.15, -0.1) is 0 Å². The third kappa shape index (κ3) is 2.84. The molecule has 1 saturated heterocycles. The number of carbonyl (C=O) groups is 1. The van der Waals surface area contributed by atoms with Crippen molar-refractivity contribution in [1.82, 2.24) is 4.90 Å². The molecule has 0 aromatic carbocycles. The maximum atomic E-state index is 12.2. The van der Waals surface area contributed by atoms with Crippen LogP contribution in [0.5, 0.6) is 0 Å². The van der Waals surface area contributed by atoms with Gasteiger partial charge in [-0.05, 0) is 24.8 Å². The highest BCUT2D eigenvalue weighted by molar-refractivity contribution is 5.77. The molecule has 104 valence electrons. The van der Waals surface area contributed by atoms with E-state index in [4.69, 9.17) is 5.73 Å². The Hall–Kier alpha value is -0.650. The Labute approximate surface area is 108 Å². The van der Waals surface area contributed by atoms with Crippen molar-refractivity contribution in [3.05, 3.63) is 0 Å². The second kappa shape index (κ2) is 5.55. The average Bonchev–Trinajstić information content (AvgIpc) is 2.71. The first-order chi connectivity index (χ1) is 8.56. The fourth-order valence-electron chi connectivity index (χ4n) is 3.16. The number of likely N-dealkylation sites (tertiary alicyclic amines) is 1. The van der Waals surface area contributed by atoms with Crippen molar-refractivity contribution in [2.75, 3.05) is 19.6 Å². The number of nitrogens with two attached hydrogens (primary N) is 1. The summed E-state index contributed by atoms with van der Waals surface area (Å²) in [4.78, 5) is 13.8. The van der Waals surface area contributed by atoms with E-state index >= 15 is 0 Å². The molecule has 1 aliphatic heterocycles. The van der Waals surface area contributed by atoms with Crippen LogP contribution < -0.4 is 5.73 Å². The Morgan fingerprint density at radius 3 is 2.22 bits per heavy atom. The molecule has 1 amide bonds. The number of β-amino-alcohol motifs (C(OH)–C–C–N with tert-alkyl or cyclic N) is 2. The van der Waals surface area contributed by atoms with E-state index in [1.165, 1.54) is 6.42 Å². The van der Waals surface area contributed by atoms with Crippen LogP contribution in [0.1, 0.15) is 38.5 Å². The van der Waals surface area contributed by atoms with E-state index in [0.29, 0.717) is 13.0 Å². The van der Waals surface area contributed by atoms with Crippen LogP contribution in [0.4, 0.5) is 0 Å². The highest BCUT2D eigenvalue weighted by Crippen LogP contribution is 2.39. The summed E-state index contributed by atoms with van der Waals surface area (Å²) >= 11 is 0. The summed E-state index contributed by atoms with van der Waals surface area (Å²) in [7, 11) is 0. The summed E-state index contributed by atoms with van der Waals surface area (Å²) in [5, 5.41) is 19.0. The van der Waals surface area contributed by atoms with E-state index in [1.807, 2.05) is 0 Å². The first kappa shape index (κ1) is 13.8. The third-order valence-electron chi connectivity index (χ3n) is 4.49. The van der Waals surface area contributed by atoms with Crippen LogP contribution in [0.25, 0.3) is 0 Å². The Kier molecular flexibility index (Phi) is 4.25. The van der Waals surface area contributed by atoms with Crippen molar-refractivity contribution in [2.45, 2.75) is 50.7 Å². The number of hydrogen-bond donors (Lipinski definition) is 3. The largest absolute Gasteiger partial charge is 0.388 e. The van der Waals surface area contributed by atoms with Gasteiger partial charge in [0.2, 0.25) is 5.91 Å². The molecule has 4 N–H and O–H groups in total. The zero-order valence-corrected chi connectivity index (χ0v) is 10.8. The second-order valence-corrected chi connectivity index (χ2v) is 5.87. The van der Waals surface area contributed by atoms with Crippen LogP contribution in [-0.4, -0.2) is 52.9 Å². The van der Waals surface area contributed by atoms with Gasteiger partial charge in [-0.3, -0.25) is 4.79 Å². The summed E-state index contributed by atoms with van der Waals surface area (Å²) < 4.78 is 0. The molecule has 5 nitrogen and oxygen atoms in total. The molecule has 2 rings (SSSR count). The molecular formula is C13H24N2O3. The summed E-state index contributed by atoms with van der Waals surface area (Å²) in [6.07, 6.45) is 4.44. The van der Waals surface area contributed by atoms with Crippen molar-refractivity contribution in [3.63, 3.8) is 0 Å². The highest BCUT2D eigenvalue weighted by Gasteiger charge is 2.38. The lowest BCUT2D eigenvalue weighted by atomic mass is 9.71. The fourth-order valence-corrected chi connectivity index (χ4v) is 3.16. The van der Waals surface area contributed by atoms with Crippen molar-refractivity contribution >= 4 is 5.91 Å². The van der Waals surface area contributed by atoms with Crippen LogP contribution in [0.15, 0.2) is 0 Å². The zero-order valence-electron chi connectivity index (χ0n) is 10.8. The fraction of sp³-hybridized carbons (Fsp3) is 0.923. The van der Waals surface area contributed by atoms with E-state index in [1.54, 1.807) is 4.90 Å². The van der Waals surface area contributed by atoms with Crippen LogP contribution in [0, 0.1) is 5.41 Å².